The summed E-state index contributed by atoms with van der Waals surface area (Å²) in [6.45, 7) is 7.40. The number of fused-ring (bicyclic) bond motifs is 1. The molecule has 2 atom stereocenters. The Labute approximate surface area is 198 Å². The van der Waals surface area contributed by atoms with Gasteiger partial charge in [0.1, 0.15) is 11.1 Å². The molecule has 33 heavy (non-hydrogen) atoms. The van der Waals surface area contributed by atoms with Crippen LogP contribution in [-0.2, 0) is 40.4 Å². The zero-order valence-corrected chi connectivity index (χ0v) is 20.7. The van der Waals surface area contributed by atoms with Crippen molar-refractivity contribution in [2.24, 2.45) is 12.5 Å². The molecule has 3 rings (SSSR count). The Bertz CT molecular complexity index is 1020. The number of carbonyl (C=O) groups excluding carboxylic acids is 4. The maximum absolute atomic E-state index is 13.1. The normalized spacial score (nSPS) is 22.1. The van der Waals surface area contributed by atoms with Crippen molar-refractivity contribution in [2.75, 3.05) is 12.5 Å². The Morgan fingerprint density at radius 2 is 1.94 bits per heavy atom. The van der Waals surface area contributed by atoms with Crippen molar-refractivity contribution < 1.29 is 33.4 Å². The van der Waals surface area contributed by atoms with Crippen LogP contribution < -0.4 is 0 Å². The lowest BCUT2D eigenvalue weighted by Crippen LogP contribution is -2.72. The number of aromatic nitrogens is 4. The molecule has 0 bridgehead atoms. The molecular weight excluding hydrogens is 474 g/mol. The predicted molar refractivity (Wildman–Crippen MR) is 116 cm³/mol. The largest absolute Gasteiger partial charge is 0.446 e. The number of esters is 3. The van der Waals surface area contributed by atoms with E-state index in [-0.39, 0.29) is 17.9 Å². The van der Waals surface area contributed by atoms with Gasteiger partial charge in [-0.1, -0.05) is 30.4 Å². The summed E-state index contributed by atoms with van der Waals surface area (Å²) in [5.41, 5.74) is -2.09. The van der Waals surface area contributed by atoms with Gasteiger partial charge in [-0.15, -0.1) is 5.10 Å². The van der Waals surface area contributed by atoms with E-state index in [0.29, 0.717) is 10.1 Å². The van der Waals surface area contributed by atoms with Crippen LogP contribution in [0, 0.1) is 5.41 Å². The van der Waals surface area contributed by atoms with Gasteiger partial charge < -0.3 is 14.2 Å². The van der Waals surface area contributed by atoms with Gasteiger partial charge in [-0.2, -0.15) is 0 Å². The number of tetrazole rings is 1. The van der Waals surface area contributed by atoms with Gasteiger partial charge in [0.05, 0.1) is 5.41 Å². The zero-order valence-electron chi connectivity index (χ0n) is 19.1. The summed E-state index contributed by atoms with van der Waals surface area (Å²) < 4.78 is 17.0. The summed E-state index contributed by atoms with van der Waals surface area (Å²) in [6.07, 6.45) is 0.249. The molecule has 0 radical (unpaired) electrons. The van der Waals surface area contributed by atoms with E-state index in [2.05, 4.69) is 15.5 Å². The molecule has 180 valence electrons. The first kappa shape index (κ1) is 25.0. The number of rotatable bonds is 8. The second kappa shape index (κ2) is 9.33. The number of thioether (sulfide) groups is 2. The van der Waals surface area contributed by atoms with E-state index < -0.39 is 47.0 Å². The van der Waals surface area contributed by atoms with E-state index in [0.717, 1.165) is 0 Å². The molecule has 0 saturated carbocycles. The molecule has 12 nitrogen and oxygen atoms in total. The van der Waals surface area contributed by atoms with Crippen molar-refractivity contribution in [1.29, 1.82) is 0 Å². The molecular formula is C19H25N5O7S2. The summed E-state index contributed by atoms with van der Waals surface area (Å²) in [5.74, 6) is -2.17. The molecule has 0 spiro atoms. The Kier molecular flexibility index (Phi) is 7.07. The lowest BCUT2D eigenvalue weighted by molar-refractivity contribution is -0.195. The summed E-state index contributed by atoms with van der Waals surface area (Å²) in [7, 11) is 1.68. The van der Waals surface area contributed by atoms with Crippen molar-refractivity contribution in [3.8, 4) is 0 Å². The molecule has 0 unspecified atom stereocenters. The molecule has 1 saturated heterocycles. The molecule has 14 heteroatoms. The van der Waals surface area contributed by atoms with Crippen LogP contribution >= 0.6 is 23.5 Å². The topological polar surface area (TPSA) is 143 Å². The van der Waals surface area contributed by atoms with E-state index >= 15 is 0 Å². The third kappa shape index (κ3) is 4.71. The number of β-lactam (4-membered cyclic amide) rings is 1. The molecule has 0 aliphatic carbocycles. The van der Waals surface area contributed by atoms with E-state index in [1.165, 1.54) is 40.0 Å². The second-order valence-corrected chi connectivity index (χ2v) is 10.5. The van der Waals surface area contributed by atoms with Crippen LogP contribution in [-0.4, -0.2) is 72.4 Å². The fourth-order valence-corrected chi connectivity index (χ4v) is 5.75. The highest BCUT2D eigenvalue weighted by molar-refractivity contribution is 8.06. The Balaban J connectivity index is 1.81. The summed E-state index contributed by atoms with van der Waals surface area (Å²) in [4.78, 5) is 51.4. The van der Waals surface area contributed by atoms with E-state index in [9.17, 15) is 19.2 Å². The Hall–Kier alpha value is -2.61. The van der Waals surface area contributed by atoms with Crippen molar-refractivity contribution >= 4 is 47.3 Å². The number of hydrogen-bond acceptors (Lipinski definition) is 12. The van der Waals surface area contributed by atoms with Crippen LogP contribution in [0.25, 0.3) is 0 Å². The first-order chi connectivity index (χ1) is 15.4. The second-order valence-electron chi connectivity index (χ2n) is 8.36. The molecule has 3 heterocycles. The predicted octanol–water partition coefficient (Wildman–Crippen LogP) is 1.23. The minimum absolute atomic E-state index is 0.0284. The fourth-order valence-electron chi connectivity index (χ4n) is 3.21. The number of hydrogen-bond donors (Lipinski definition) is 0. The van der Waals surface area contributed by atoms with Gasteiger partial charge in [-0.25, -0.2) is 9.48 Å². The Morgan fingerprint density at radius 1 is 1.24 bits per heavy atom. The smallest absolute Gasteiger partial charge is 0.358 e. The molecule has 2 aliphatic rings. The van der Waals surface area contributed by atoms with Gasteiger partial charge in [-0.3, -0.25) is 19.3 Å². The van der Waals surface area contributed by atoms with E-state index in [1.807, 2.05) is 0 Å². The average Bonchev–Trinajstić information content (AvgIpc) is 3.30. The number of ether oxygens (including phenoxy) is 3. The Morgan fingerprint density at radius 3 is 2.48 bits per heavy atom. The van der Waals surface area contributed by atoms with Gasteiger partial charge in [0.25, 0.3) is 5.91 Å². The molecule has 0 aromatic carbocycles. The number of amides is 1. The molecule has 1 amide bonds. The lowest BCUT2D eigenvalue weighted by Gasteiger charge is -2.50. The fraction of sp³-hybridized carbons (Fsp3) is 0.632. The first-order valence-corrected chi connectivity index (χ1v) is 11.9. The summed E-state index contributed by atoms with van der Waals surface area (Å²) in [6, 6.07) is 0. The molecule has 1 fully saturated rings. The van der Waals surface area contributed by atoms with Crippen LogP contribution in [0.5, 0.6) is 0 Å². The van der Waals surface area contributed by atoms with Gasteiger partial charge in [-0.05, 0) is 37.6 Å². The first-order valence-electron chi connectivity index (χ1n) is 10.0. The molecule has 1 aromatic rings. The lowest BCUT2D eigenvalue weighted by atomic mass is 9.88. The van der Waals surface area contributed by atoms with Crippen LogP contribution in [0.2, 0.25) is 0 Å². The van der Waals surface area contributed by atoms with Gasteiger partial charge in [0.2, 0.25) is 17.6 Å². The van der Waals surface area contributed by atoms with Crippen molar-refractivity contribution in [3.63, 3.8) is 0 Å². The highest BCUT2D eigenvalue weighted by Gasteiger charge is 2.68. The van der Waals surface area contributed by atoms with Gasteiger partial charge in [0, 0.05) is 24.6 Å². The number of nitrogens with zero attached hydrogens (tertiary/aromatic N) is 5. The SMILES string of the molecule is CC[C@@]1(OC(C)=O)C(=O)N2C(C(=O)OCOC(=O)C(C)(C)C)=C(CSc3nnnn3C)S[C@@H]21. The summed E-state index contributed by atoms with van der Waals surface area (Å²) >= 11 is 2.51. The van der Waals surface area contributed by atoms with Crippen LogP contribution in [0.3, 0.4) is 0 Å². The molecule has 1 aromatic heterocycles. The van der Waals surface area contributed by atoms with Crippen LogP contribution in [0.15, 0.2) is 15.8 Å². The van der Waals surface area contributed by atoms with Crippen molar-refractivity contribution in [3.05, 3.63) is 10.6 Å². The van der Waals surface area contributed by atoms with Gasteiger partial charge in [0.15, 0.2) is 0 Å². The van der Waals surface area contributed by atoms with Crippen molar-refractivity contribution in [2.45, 2.75) is 57.2 Å². The average molecular weight is 500 g/mol. The highest BCUT2D eigenvalue weighted by Crippen LogP contribution is 2.55. The third-order valence-electron chi connectivity index (χ3n) is 4.92. The van der Waals surface area contributed by atoms with E-state index in [1.54, 1.807) is 34.7 Å². The highest BCUT2D eigenvalue weighted by atomic mass is 32.2. The van der Waals surface area contributed by atoms with Crippen LogP contribution in [0.1, 0.15) is 41.0 Å². The standard InChI is InChI=1S/C19H25N5O7S2/c1-7-19(31-10(2)25)14(27)24-12(13(26)29-9-30-16(28)18(3,4)5)11(33-15(19)24)8-32-17-20-21-22-23(17)6/h15H,7-9H2,1-6H3/t15-,19-/m1/s1. The number of carbonyl (C=O) groups is 4. The minimum atomic E-state index is -1.36. The maximum atomic E-state index is 13.1. The summed E-state index contributed by atoms with van der Waals surface area (Å²) in [5, 5.41) is 11.2. The van der Waals surface area contributed by atoms with Crippen LogP contribution in [0.4, 0.5) is 0 Å². The molecule has 2 aliphatic heterocycles. The third-order valence-corrected chi connectivity index (χ3v) is 7.58. The molecule has 0 N–H and O–H groups in total. The van der Waals surface area contributed by atoms with Gasteiger partial charge >= 0.3 is 17.9 Å². The number of aryl methyl sites for hydroxylation is 1. The van der Waals surface area contributed by atoms with Crippen molar-refractivity contribution in [1.82, 2.24) is 25.1 Å². The quantitative estimate of drug-likeness (QED) is 0.220. The maximum Gasteiger partial charge on any atom is 0.358 e. The monoisotopic (exact) mass is 499 g/mol. The minimum Gasteiger partial charge on any atom is -0.446 e. The van der Waals surface area contributed by atoms with E-state index in [4.69, 9.17) is 14.2 Å². The zero-order chi connectivity index (χ0) is 24.6.